The van der Waals surface area contributed by atoms with Crippen molar-refractivity contribution in [2.24, 2.45) is 0 Å². The Labute approximate surface area is 258 Å². The Hall–Kier alpha value is -4.77. The molecule has 3 aromatic carbocycles. The lowest BCUT2D eigenvalue weighted by molar-refractivity contribution is 0.282. The molecule has 1 atom stereocenters. The van der Waals surface area contributed by atoms with Gasteiger partial charge in [-0.2, -0.15) is 0 Å². The molecule has 0 aliphatic carbocycles. The molecule has 43 heavy (non-hydrogen) atoms. The van der Waals surface area contributed by atoms with Gasteiger partial charge in [0.15, 0.2) is 0 Å². The standard InChI is InChI=1S/C38H38N4O/c1-25(2)26-17-18-39-36(21-26)42-33-16-13-28(38(3,4)5)22-32(33)31-15-14-30(23-34(31)42)43-29-11-9-10-27(20-29)35-24-40(6)37-12-7-8-19-41(35)37/h7-25,37H,1-6H3/i6D3. The van der Waals surface area contributed by atoms with Crippen LogP contribution in [0.1, 0.15) is 61.3 Å². The van der Waals surface area contributed by atoms with Crippen molar-refractivity contribution in [1.82, 2.24) is 19.4 Å². The van der Waals surface area contributed by atoms with Crippen LogP contribution in [0.5, 0.6) is 11.5 Å². The maximum atomic E-state index is 8.05. The third-order valence-electron chi connectivity index (χ3n) is 8.39. The molecule has 0 radical (unpaired) electrons. The van der Waals surface area contributed by atoms with Gasteiger partial charge in [0.2, 0.25) is 0 Å². The number of rotatable bonds is 5. The van der Waals surface area contributed by atoms with Crippen LogP contribution < -0.4 is 4.74 Å². The predicted molar refractivity (Wildman–Crippen MR) is 178 cm³/mol. The van der Waals surface area contributed by atoms with E-state index in [4.69, 9.17) is 13.8 Å². The average molecular weight is 570 g/mol. The van der Waals surface area contributed by atoms with Crippen LogP contribution in [-0.4, -0.2) is 32.5 Å². The van der Waals surface area contributed by atoms with Gasteiger partial charge in [0, 0.05) is 52.1 Å². The van der Waals surface area contributed by atoms with Crippen LogP contribution in [0.4, 0.5) is 0 Å². The first-order valence-electron chi connectivity index (χ1n) is 16.4. The van der Waals surface area contributed by atoms with Gasteiger partial charge >= 0.3 is 0 Å². The van der Waals surface area contributed by atoms with E-state index in [-0.39, 0.29) is 5.41 Å². The van der Waals surface area contributed by atoms with Crippen LogP contribution in [0.2, 0.25) is 0 Å². The molecule has 0 bridgehead atoms. The molecule has 0 amide bonds. The van der Waals surface area contributed by atoms with E-state index in [1.165, 1.54) is 21.4 Å². The number of hydrogen-bond donors (Lipinski definition) is 0. The maximum absolute atomic E-state index is 8.05. The van der Waals surface area contributed by atoms with Crippen LogP contribution >= 0.6 is 0 Å². The summed E-state index contributed by atoms with van der Waals surface area (Å²) in [6.07, 6.45) is 10.8. The van der Waals surface area contributed by atoms with Crippen LogP contribution in [0.25, 0.3) is 33.3 Å². The van der Waals surface area contributed by atoms with Gasteiger partial charge in [0.1, 0.15) is 23.5 Å². The molecule has 2 aliphatic rings. The molecule has 1 unspecified atom stereocenters. The van der Waals surface area contributed by atoms with Crippen LogP contribution in [0.15, 0.2) is 110 Å². The van der Waals surface area contributed by atoms with Gasteiger partial charge < -0.3 is 14.5 Å². The van der Waals surface area contributed by atoms with Crippen molar-refractivity contribution in [3.05, 3.63) is 126 Å². The van der Waals surface area contributed by atoms with Crippen molar-refractivity contribution >= 4 is 27.5 Å². The molecule has 4 heterocycles. The first-order valence-corrected chi connectivity index (χ1v) is 14.9. The highest BCUT2D eigenvalue weighted by atomic mass is 16.5. The summed E-state index contributed by atoms with van der Waals surface area (Å²) < 4.78 is 32.9. The molecule has 5 nitrogen and oxygen atoms in total. The van der Waals surface area contributed by atoms with Crippen LogP contribution in [-0.2, 0) is 5.41 Å². The smallest absolute Gasteiger partial charge is 0.137 e. The van der Waals surface area contributed by atoms with E-state index in [0.29, 0.717) is 17.4 Å². The minimum atomic E-state index is -2.26. The minimum Gasteiger partial charge on any atom is -0.457 e. The molecule has 216 valence electrons. The molecule has 0 saturated carbocycles. The number of fused-ring (bicyclic) bond motifs is 4. The van der Waals surface area contributed by atoms with Crippen molar-refractivity contribution in [3.63, 3.8) is 0 Å². The van der Waals surface area contributed by atoms with Crippen LogP contribution in [0.3, 0.4) is 0 Å². The van der Waals surface area contributed by atoms with Crippen molar-refractivity contribution in [3.8, 4) is 17.3 Å². The number of benzene rings is 3. The molecule has 5 aromatic rings. The summed E-state index contributed by atoms with van der Waals surface area (Å²) in [7, 11) is 0. The van der Waals surface area contributed by atoms with Crippen molar-refractivity contribution in [1.29, 1.82) is 0 Å². The fourth-order valence-electron chi connectivity index (χ4n) is 5.98. The first-order chi connectivity index (χ1) is 21.9. The van der Waals surface area contributed by atoms with Gasteiger partial charge in [0.05, 0.1) is 16.7 Å². The Balaban J connectivity index is 1.31. The number of pyridine rings is 1. The number of hydrogen-bond acceptors (Lipinski definition) is 4. The Morgan fingerprint density at radius 2 is 1.74 bits per heavy atom. The first kappa shape index (κ1) is 23.8. The monoisotopic (exact) mass is 569 g/mol. The Kier molecular flexibility index (Phi) is 5.63. The summed E-state index contributed by atoms with van der Waals surface area (Å²) in [4.78, 5) is 8.20. The molecule has 5 heteroatoms. The zero-order chi connectivity index (χ0) is 32.4. The summed E-state index contributed by atoms with van der Waals surface area (Å²) in [6, 6.07) is 25.0. The van der Waals surface area contributed by atoms with E-state index >= 15 is 0 Å². The highest BCUT2D eigenvalue weighted by Crippen LogP contribution is 2.38. The van der Waals surface area contributed by atoms with E-state index in [1.807, 2.05) is 65.9 Å². The van der Waals surface area contributed by atoms with E-state index in [9.17, 15) is 0 Å². The molecule has 0 spiro atoms. The molecule has 0 fully saturated rings. The fraction of sp³-hybridized carbons (Fsp3) is 0.237. The number of ether oxygens (including phenoxy) is 1. The van der Waals surface area contributed by atoms with Gasteiger partial charge in [-0.05, 0) is 83.1 Å². The SMILES string of the molecule is [2H]C([2H])([2H])N1C=C(c2cccc(Oc3ccc4c5cc(C(C)(C)C)ccc5n(-c5cc(C(C)C)ccn5)c4c3)c2)N2C=CC=CC21. The number of likely N-dealkylation sites (N-methyl/N-ethyl adjacent to an activating group) is 1. The second kappa shape index (κ2) is 10.2. The minimum absolute atomic E-state index is 0.0159. The number of nitrogens with zero attached hydrogens (tertiary/aromatic N) is 4. The van der Waals surface area contributed by atoms with E-state index in [0.717, 1.165) is 33.5 Å². The van der Waals surface area contributed by atoms with Crippen LogP contribution in [0, 0.1) is 0 Å². The quantitative estimate of drug-likeness (QED) is 0.211. The molecular formula is C38H38N4O. The summed E-state index contributed by atoms with van der Waals surface area (Å²) in [5.74, 6) is 2.62. The third-order valence-corrected chi connectivity index (χ3v) is 8.39. The largest absolute Gasteiger partial charge is 0.457 e. The van der Waals surface area contributed by atoms with E-state index in [1.54, 1.807) is 6.20 Å². The normalized spacial score (nSPS) is 17.8. The van der Waals surface area contributed by atoms with Crippen molar-refractivity contribution in [2.45, 2.75) is 52.1 Å². The molecule has 2 aliphatic heterocycles. The molecule has 0 N–H and O–H groups in total. The summed E-state index contributed by atoms with van der Waals surface area (Å²) in [6.45, 7) is 8.84. The van der Waals surface area contributed by atoms with Gasteiger partial charge in [-0.15, -0.1) is 0 Å². The molecule has 7 rings (SSSR count). The average Bonchev–Trinajstić information content (AvgIpc) is 3.57. The van der Waals surface area contributed by atoms with Crippen molar-refractivity contribution in [2.75, 3.05) is 6.98 Å². The molecule has 0 saturated heterocycles. The summed E-state index contributed by atoms with van der Waals surface area (Å²) in [5, 5.41) is 2.31. The highest BCUT2D eigenvalue weighted by Gasteiger charge is 2.28. The van der Waals surface area contributed by atoms with Gasteiger partial charge in [-0.25, -0.2) is 4.98 Å². The van der Waals surface area contributed by atoms with Crippen molar-refractivity contribution < 1.29 is 8.85 Å². The van der Waals surface area contributed by atoms with Gasteiger partial charge in [-0.3, -0.25) is 4.57 Å². The third kappa shape index (κ3) is 4.79. The number of aromatic nitrogens is 2. The highest BCUT2D eigenvalue weighted by molar-refractivity contribution is 6.09. The predicted octanol–water partition coefficient (Wildman–Crippen LogP) is 9.35. The lowest BCUT2D eigenvalue weighted by atomic mass is 9.86. The van der Waals surface area contributed by atoms with E-state index < -0.39 is 13.1 Å². The zero-order valence-electron chi connectivity index (χ0n) is 28.2. The Bertz CT molecular complexity index is 2060. The summed E-state index contributed by atoms with van der Waals surface area (Å²) in [5.41, 5.74) is 6.31. The fourth-order valence-corrected chi connectivity index (χ4v) is 5.98. The second-order valence-electron chi connectivity index (χ2n) is 12.7. The topological polar surface area (TPSA) is 33.5 Å². The van der Waals surface area contributed by atoms with Gasteiger partial charge in [0.25, 0.3) is 0 Å². The van der Waals surface area contributed by atoms with E-state index in [2.05, 4.69) is 81.7 Å². The lowest BCUT2D eigenvalue weighted by Gasteiger charge is -2.29. The molecular weight excluding hydrogens is 528 g/mol. The maximum Gasteiger partial charge on any atom is 0.137 e. The lowest BCUT2D eigenvalue weighted by Crippen LogP contribution is -2.33. The zero-order valence-corrected chi connectivity index (χ0v) is 25.2. The Morgan fingerprint density at radius 3 is 2.56 bits per heavy atom. The second-order valence-corrected chi connectivity index (χ2v) is 12.7. The summed E-state index contributed by atoms with van der Waals surface area (Å²) >= 11 is 0. The Morgan fingerprint density at radius 1 is 0.884 bits per heavy atom. The molecule has 2 aromatic heterocycles. The number of allylic oxidation sites excluding steroid dienone is 2. The van der Waals surface area contributed by atoms with Gasteiger partial charge in [-0.1, -0.05) is 58.9 Å².